The van der Waals surface area contributed by atoms with Crippen LogP contribution in [-0.2, 0) is 6.42 Å². The molecule has 1 fully saturated rings. The fourth-order valence-electron chi connectivity index (χ4n) is 3.20. The molecule has 0 saturated heterocycles. The van der Waals surface area contributed by atoms with Crippen molar-refractivity contribution in [2.45, 2.75) is 51.5 Å². The molecular weight excluding hydrogens is 206 g/mol. The number of hydrogen-bond donors (Lipinski definition) is 1. The lowest BCUT2D eigenvalue weighted by atomic mass is 9.90. The molecule has 1 heteroatoms. The van der Waals surface area contributed by atoms with Crippen LogP contribution in [-0.4, -0.2) is 7.05 Å². The van der Waals surface area contributed by atoms with E-state index < -0.39 is 0 Å². The lowest BCUT2D eigenvalue weighted by molar-refractivity contribution is 0.390. The third-order valence-electron chi connectivity index (χ3n) is 4.03. The van der Waals surface area contributed by atoms with Crippen LogP contribution in [0.5, 0.6) is 0 Å². The Bertz CT molecular complexity index is 339. The van der Waals surface area contributed by atoms with Crippen LogP contribution in [0.4, 0.5) is 0 Å². The van der Waals surface area contributed by atoms with Crippen LogP contribution in [0, 0.1) is 5.92 Å². The molecule has 1 nitrogen and oxygen atoms in total. The van der Waals surface area contributed by atoms with Gasteiger partial charge >= 0.3 is 0 Å². The minimum atomic E-state index is 0.564. The van der Waals surface area contributed by atoms with Gasteiger partial charge in [-0.3, -0.25) is 0 Å². The maximum absolute atomic E-state index is 3.53. The molecule has 2 rings (SSSR count). The predicted octanol–water partition coefficient (Wildman–Crippen LogP) is 4.09. The SMILES string of the molecule is CCCc1cccc(C(NC)C2CCCC2)c1. The third kappa shape index (κ3) is 3.10. The molecule has 17 heavy (non-hydrogen) atoms. The monoisotopic (exact) mass is 231 g/mol. The second kappa shape index (κ2) is 6.20. The number of rotatable bonds is 5. The molecule has 1 aromatic rings. The zero-order chi connectivity index (χ0) is 12.1. The van der Waals surface area contributed by atoms with E-state index in [1.807, 2.05) is 0 Å². The van der Waals surface area contributed by atoms with Gasteiger partial charge in [-0.1, -0.05) is 50.5 Å². The average molecular weight is 231 g/mol. The Morgan fingerprint density at radius 3 is 2.71 bits per heavy atom. The summed E-state index contributed by atoms with van der Waals surface area (Å²) in [5.74, 6) is 0.844. The summed E-state index contributed by atoms with van der Waals surface area (Å²) < 4.78 is 0. The van der Waals surface area contributed by atoms with E-state index in [-0.39, 0.29) is 0 Å². The Morgan fingerprint density at radius 2 is 2.06 bits per heavy atom. The smallest absolute Gasteiger partial charge is 0.0346 e. The highest BCUT2D eigenvalue weighted by atomic mass is 14.9. The summed E-state index contributed by atoms with van der Waals surface area (Å²) in [6.07, 6.45) is 8.05. The molecule has 0 spiro atoms. The molecule has 1 N–H and O–H groups in total. The van der Waals surface area contributed by atoms with Gasteiger partial charge in [0.2, 0.25) is 0 Å². The second-order valence-corrected chi connectivity index (χ2v) is 5.31. The highest BCUT2D eigenvalue weighted by molar-refractivity contribution is 5.27. The Hall–Kier alpha value is -0.820. The van der Waals surface area contributed by atoms with Crippen LogP contribution in [0.1, 0.15) is 56.2 Å². The van der Waals surface area contributed by atoms with Gasteiger partial charge in [-0.15, -0.1) is 0 Å². The predicted molar refractivity (Wildman–Crippen MR) is 74.2 cm³/mol. The van der Waals surface area contributed by atoms with E-state index in [4.69, 9.17) is 0 Å². The van der Waals surface area contributed by atoms with E-state index in [0.29, 0.717) is 6.04 Å². The summed E-state index contributed by atoms with van der Waals surface area (Å²) in [5, 5.41) is 3.53. The van der Waals surface area contributed by atoms with Crippen LogP contribution in [0.3, 0.4) is 0 Å². The van der Waals surface area contributed by atoms with Crippen LogP contribution in [0.2, 0.25) is 0 Å². The van der Waals surface area contributed by atoms with E-state index in [1.54, 1.807) is 0 Å². The van der Waals surface area contributed by atoms with Crippen molar-refractivity contribution >= 4 is 0 Å². The molecule has 0 heterocycles. The summed E-state index contributed by atoms with van der Waals surface area (Å²) in [5.41, 5.74) is 2.98. The van der Waals surface area contributed by atoms with Crippen molar-refractivity contribution in [3.63, 3.8) is 0 Å². The van der Waals surface area contributed by atoms with Gasteiger partial charge in [0.15, 0.2) is 0 Å². The molecule has 0 bridgehead atoms. The number of hydrogen-bond acceptors (Lipinski definition) is 1. The summed E-state index contributed by atoms with van der Waals surface area (Å²) >= 11 is 0. The summed E-state index contributed by atoms with van der Waals surface area (Å²) in [4.78, 5) is 0. The number of aryl methyl sites for hydroxylation is 1. The highest BCUT2D eigenvalue weighted by Gasteiger charge is 2.24. The maximum Gasteiger partial charge on any atom is 0.0346 e. The van der Waals surface area contributed by atoms with Gasteiger partial charge < -0.3 is 5.32 Å². The molecule has 1 aliphatic carbocycles. The van der Waals surface area contributed by atoms with Crippen LogP contribution >= 0.6 is 0 Å². The fourth-order valence-corrected chi connectivity index (χ4v) is 3.20. The van der Waals surface area contributed by atoms with Crippen molar-refractivity contribution in [3.8, 4) is 0 Å². The largest absolute Gasteiger partial charge is 0.313 e. The van der Waals surface area contributed by atoms with E-state index in [0.717, 1.165) is 5.92 Å². The topological polar surface area (TPSA) is 12.0 Å². The molecule has 1 aliphatic rings. The van der Waals surface area contributed by atoms with Crippen molar-refractivity contribution in [1.29, 1.82) is 0 Å². The van der Waals surface area contributed by atoms with E-state index >= 15 is 0 Å². The van der Waals surface area contributed by atoms with Crippen LogP contribution in [0.15, 0.2) is 24.3 Å². The fraction of sp³-hybridized carbons (Fsp3) is 0.625. The Kier molecular flexibility index (Phi) is 4.61. The van der Waals surface area contributed by atoms with Crippen molar-refractivity contribution in [2.75, 3.05) is 7.05 Å². The zero-order valence-corrected chi connectivity index (χ0v) is 11.2. The number of nitrogens with one attached hydrogen (secondary N) is 1. The molecule has 0 amide bonds. The molecule has 1 atom stereocenters. The van der Waals surface area contributed by atoms with Gasteiger partial charge in [-0.05, 0) is 43.4 Å². The van der Waals surface area contributed by atoms with E-state index in [9.17, 15) is 0 Å². The minimum absolute atomic E-state index is 0.564. The summed E-state index contributed by atoms with van der Waals surface area (Å²) in [7, 11) is 2.11. The number of benzene rings is 1. The lowest BCUT2D eigenvalue weighted by Crippen LogP contribution is -2.23. The minimum Gasteiger partial charge on any atom is -0.313 e. The third-order valence-corrected chi connectivity index (χ3v) is 4.03. The first-order chi connectivity index (χ1) is 8.35. The Labute approximate surface area is 106 Å². The lowest BCUT2D eigenvalue weighted by Gasteiger charge is -2.24. The second-order valence-electron chi connectivity index (χ2n) is 5.31. The van der Waals surface area contributed by atoms with Gasteiger partial charge in [0.1, 0.15) is 0 Å². The van der Waals surface area contributed by atoms with Gasteiger partial charge in [0.25, 0.3) is 0 Å². The van der Waals surface area contributed by atoms with Crippen molar-refractivity contribution < 1.29 is 0 Å². The molecule has 1 aromatic carbocycles. The normalized spacial score (nSPS) is 18.5. The standard InChI is InChI=1S/C16H25N/c1-3-7-13-8-6-11-15(12-13)16(17-2)14-9-4-5-10-14/h6,8,11-12,14,16-17H,3-5,7,9-10H2,1-2H3. The first-order valence-corrected chi connectivity index (χ1v) is 7.11. The molecule has 0 radical (unpaired) electrons. The van der Waals surface area contributed by atoms with Crippen molar-refractivity contribution in [3.05, 3.63) is 35.4 Å². The highest BCUT2D eigenvalue weighted by Crippen LogP contribution is 2.35. The summed E-state index contributed by atoms with van der Waals surface area (Å²) in [6.45, 7) is 2.25. The van der Waals surface area contributed by atoms with Gasteiger partial charge in [0.05, 0.1) is 0 Å². The maximum atomic E-state index is 3.53. The van der Waals surface area contributed by atoms with Crippen molar-refractivity contribution in [1.82, 2.24) is 5.32 Å². The molecule has 1 saturated carbocycles. The van der Waals surface area contributed by atoms with Crippen LogP contribution in [0.25, 0.3) is 0 Å². The molecular formula is C16H25N. The molecule has 0 aromatic heterocycles. The molecule has 1 unspecified atom stereocenters. The van der Waals surface area contributed by atoms with Crippen LogP contribution < -0.4 is 5.32 Å². The molecule has 0 aliphatic heterocycles. The zero-order valence-electron chi connectivity index (χ0n) is 11.2. The van der Waals surface area contributed by atoms with E-state index in [1.165, 1.54) is 49.7 Å². The van der Waals surface area contributed by atoms with Gasteiger partial charge in [-0.2, -0.15) is 0 Å². The quantitative estimate of drug-likeness (QED) is 0.805. The Balaban J connectivity index is 2.14. The molecule has 94 valence electrons. The first-order valence-electron chi connectivity index (χ1n) is 7.11. The van der Waals surface area contributed by atoms with Gasteiger partial charge in [-0.25, -0.2) is 0 Å². The van der Waals surface area contributed by atoms with E-state index in [2.05, 4.69) is 43.6 Å². The first kappa shape index (κ1) is 12.6. The summed E-state index contributed by atoms with van der Waals surface area (Å²) in [6, 6.07) is 9.74. The van der Waals surface area contributed by atoms with Crippen molar-refractivity contribution in [2.24, 2.45) is 5.92 Å². The Morgan fingerprint density at radius 1 is 1.29 bits per heavy atom. The van der Waals surface area contributed by atoms with Gasteiger partial charge in [0, 0.05) is 6.04 Å². The average Bonchev–Trinajstić information content (AvgIpc) is 2.85.